The number of amides is 1. The summed E-state index contributed by atoms with van der Waals surface area (Å²) in [6, 6.07) is 0. The van der Waals surface area contributed by atoms with Crippen LogP contribution in [0.4, 0.5) is 0 Å². The highest BCUT2D eigenvalue weighted by Gasteiger charge is 2.24. The van der Waals surface area contributed by atoms with Crippen LogP contribution in [0.15, 0.2) is 0 Å². The standard InChI is InChI=1S/C8H16N2O2/c1-10(4-5-11)8(12)7-2-3-9-6-7/h7,9,11H,2-6H2,1H3. The number of carbonyl (C=O) groups is 1. The summed E-state index contributed by atoms with van der Waals surface area (Å²) in [5, 5.41) is 11.8. The van der Waals surface area contributed by atoms with Gasteiger partial charge in [0, 0.05) is 20.1 Å². The largest absolute Gasteiger partial charge is 0.395 e. The molecular formula is C8H16N2O2. The summed E-state index contributed by atoms with van der Waals surface area (Å²) in [4.78, 5) is 13.1. The van der Waals surface area contributed by atoms with Gasteiger partial charge in [0.25, 0.3) is 0 Å². The number of nitrogens with zero attached hydrogens (tertiary/aromatic N) is 1. The van der Waals surface area contributed by atoms with Crippen LogP contribution in [0.3, 0.4) is 0 Å². The van der Waals surface area contributed by atoms with Crippen molar-refractivity contribution < 1.29 is 9.90 Å². The molecule has 1 amide bonds. The van der Waals surface area contributed by atoms with Crippen molar-refractivity contribution in [3.8, 4) is 0 Å². The van der Waals surface area contributed by atoms with Gasteiger partial charge in [0.15, 0.2) is 0 Å². The van der Waals surface area contributed by atoms with Crippen LogP contribution in [0.1, 0.15) is 6.42 Å². The monoisotopic (exact) mass is 172 g/mol. The Hall–Kier alpha value is -0.610. The minimum Gasteiger partial charge on any atom is -0.395 e. The van der Waals surface area contributed by atoms with Crippen LogP contribution in [0.2, 0.25) is 0 Å². The van der Waals surface area contributed by atoms with Crippen molar-refractivity contribution in [1.82, 2.24) is 10.2 Å². The van der Waals surface area contributed by atoms with Crippen LogP contribution in [0, 0.1) is 5.92 Å². The molecular weight excluding hydrogens is 156 g/mol. The van der Waals surface area contributed by atoms with Crippen molar-refractivity contribution in [2.75, 3.05) is 33.3 Å². The summed E-state index contributed by atoms with van der Waals surface area (Å²) >= 11 is 0. The quantitative estimate of drug-likeness (QED) is 0.577. The van der Waals surface area contributed by atoms with E-state index in [1.807, 2.05) is 0 Å². The Balaban J connectivity index is 2.34. The van der Waals surface area contributed by atoms with Crippen LogP contribution in [0.25, 0.3) is 0 Å². The van der Waals surface area contributed by atoms with E-state index in [0.29, 0.717) is 6.54 Å². The molecule has 1 atom stereocenters. The number of hydrogen-bond acceptors (Lipinski definition) is 3. The van der Waals surface area contributed by atoms with E-state index in [0.717, 1.165) is 19.5 Å². The van der Waals surface area contributed by atoms with E-state index in [-0.39, 0.29) is 18.4 Å². The summed E-state index contributed by atoms with van der Waals surface area (Å²) in [5.41, 5.74) is 0. The molecule has 1 unspecified atom stereocenters. The predicted molar refractivity (Wildman–Crippen MR) is 45.7 cm³/mol. The van der Waals surface area contributed by atoms with E-state index in [4.69, 9.17) is 5.11 Å². The Kier molecular flexibility index (Phi) is 3.49. The zero-order valence-electron chi connectivity index (χ0n) is 7.42. The maximum atomic E-state index is 11.5. The van der Waals surface area contributed by atoms with Crippen molar-refractivity contribution >= 4 is 5.91 Å². The molecule has 0 spiro atoms. The molecule has 1 rings (SSSR count). The van der Waals surface area contributed by atoms with Crippen molar-refractivity contribution in [3.63, 3.8) is 0 Å². The number of carbonyl (C=O) groups excluding carboxylic acids is 1. The lowest BCUT2D eigenvalue weighted by atomic mass is 10.1. The lowest BCUT2D eigenvalue weighted by Gasteiger charge is -2.19. The van der Waals surface area contributed by atoms with Crippen molar-refractivity contribution in [2.45, 2.75) is 6.42 Å². The Morgan fingerprint density at radius 2 is 2.50 bits per heavy atom. The summed E-state index contributed by atoms with van der Waals surface area (Å²) in [7, 11) is 1.73. The van der Waals surface area contributed by atoms with E-state index in [2.05, 4.69) is 5.32 Å². The first-order valence-electron chi connectivity index (χ1n) is 4.32. The lowest BCUT2D eigenvalue weighted by Crippen LogP contribution is -2.35. The fraction of sp³-hybridized carbons (Fsp3) is 0.875. The highest BCUT2D eigenvalue weighted by atomic mass is 16.3. The first-order chi connectivity index (χ1) is 5.75. The molecule has 2 N–H and O–H groups in total. The van der Waals surface area contributed by atoms with E-state index in [1.54, 1.807) is 11.9 Å². The number of rotatable bonds is 3. The summed E-state index contributed by atoms with van der Waals surface area (Å²) < 4.78 is 0. The van der Waals surface area contributed by atoms with E-state index in [1.165, 1.54) is 0 Å². The topological polar surface area (TPSA) is 52.6 Å². The van der Waals surface area contributed by atoms with Crippen molar-refractivity contribution in [2.24, 2.45) is 5.92 Å². The number of aliphatic hydroxyl groups is 1. The molecule has 0 aromatic heterocycles. The van der Waals surface area contributed by atoms with Crippen LogP contribution < -0.4 is 5.32 Å². The zero-order chi connectivity index (χ0) is 8.97. The van der Waals surface area contributed by atoms with E-state index < -0.39 is 0 Å². The van der Waals surface area contributed by atoms with Gasteiger partial charge in [-0.05, 0) is 13.0 Å². The molecule has 1 aliphatic heterocycles. The fourth-order valence-corrected chi connectivity index (χ4v) is 1.44. The molecule has 0 bridgehead atoms. The van der Waals surface area contributed by atoms with Gasteiger partial charge < -0.3 is 15.3 Å². The highest BCUT2D eigenvalue weighted by Crippen LogP contribution is 2.09. The highest BCUT2D eigenvalue weighted by molar-refractivity contribution is 5.79. The van der Waals surface area contributed by atoms with Gasteiger partial charge in [0.1, 0.15) is 0 Å². The molecule has 1 heterocycles. The van der Waals surface area contributed by atoms with Gasteiger partial charge in [-0.15, -0.1) is 0 Å². The lowest BCUT2D eigenvalue weighted by molar-refractivity contribution is -0.134. The maximum Gasteiger partial charge on any atom is 0.226 e. The van der Waals surface area contributed by atoms with Gasteiger partial charge in [-0.25, -0.2) is 0 Å². The molecule has 0 saturated carbocycles. The minimum atomic E-state index is 0.0440. The molecule has 0 aliphatic carbocycles. The Morgan fingerprint density at radius 1 is 1.75 bits per heavy atom. The molecule has 0 aromatic carbocycles. The van der Waals surface area contributed by atoms with Gasteiger partial charge >= 0.3 is 0 Å². The third-order valence-electron chi connectivity index (χ3n) is 2.22. The number of nitrogens with one attached hydrogen (secondary N) is 1. The van der Waals surface area contributed by atoms with Crippen molar-refractivity contribution in [3.05, 3.63) is 0 Å². The molecule has 4 nitrogen and oxygen atoms in total. The van der Waals surface area contributed by atoms with E-state index >= 15 is 0 Å². The van der Waals surface area contributed by atoms with Crippen LogP contribution in [0.5, 0.6) is 0 Å². The summed E-state index contributed by atoms with van der Waals surface area (Å²) in [6.45, 7) is 2.20. The van der Waals surface area contributed by atoms with Gasteiger partial charge in [-0.2, -0.15) is 0 Å². The third kappa shape index (κ3) is 2.19. The Morgan fingerprint density at radius 3 is 3.00 bits per heavy atom. The second-order valence-corrected chi connectivity index (χ2v) is 3.17. The molecule has 70 valence electrons. The zero-order valence-corrected chi connectivity index (χ0v) is 7.42. The SMILES string of the molecule is CN(CCO)C(=O)C1CCNC1. The Bertz CT molecular complexity index is 155. The molecule has 0 radical (unpaired) electrons. The average molecular weight is 172 g/mol. The predicted octanol–water partition coefficient (Wildman–Crippen LogP) is -0.953. The molecule has 12 heavy (non-hydrogen) atoms. The number of likely N-dealkylation sites (N-methyl/N-ethyl adjacent to an activating group) is 1. The van der Waals surface area contributed by atoms with E-state index in [9.17, 15) is 4.79 Å². The first-order valence-corrected chi connectivity index (χ1v) is 4.32. The Labute approximate surface area is 72.6 Å². The molecule has 0 aromatic rings. The van der Waals surface area contributed by atoms with Crippen LogP contribution in [-0.2, 0) is 4.79 Å². The first kappa shape index (κ1) is 9.48. The van der Waals surface area contributed by atoms with Gasteiger partial charge in [0.05, 0.1) is 12.5 Å². The molecule has 1 saturated heterocycles. The number of aliphatic hydroxyl groups excluding tert-OH is 1. The summed E-state index contributed by atoms with van der Waals surface area (Å²) in [5.74, 6) is 0.274. The minimum absolute atomic E-state index is 0.0440. The van der Waals surface area contributed by atoms with Gasteiger partial charge in [-0.3, -0.25) is 4.79 Å². The van der Waals surface area contributed by atoms with Crippen molar-refractivity contribution in [1.29, 1.82) is 0 Å². The van der Waals surface area contributed by atoms with Crippen LogP contribution in [-0.4, -0.2) is 49.2 Å². The fourth-order valence-electron chi connectivity index (χ4n) is 1.44. The smallest absolute Gasteiger partial charge is 0.226 e. The van der Waals surface area contributed by atoms with Crippen LogP contribution >= 0.6 is 0 Å². The van der Waals surface area contributed by atoms with Gasteiger partial charge in [0.2, 0.25) is 5.91 Å². The maximum absolute atomic E-state index is 11.5. The molecule has 4 heteroatoms. The average Bonchev–Trinajstić information content (AvgIpc) is 2.55. The summed E-state index contributed by atoms with van der Waals surface area (Å²) in [6.07, 6.45) is 0.925. The number of hydrogen-bond donors (Lipinski definition) is 2. The second kappa shape index (κ2) is 4.42. The van der Waals surface area contributed by atoms with Gasteiger partial charge in [-0.1, -0.05) is 0 Å². The third-order valence-corrected chi connectivity index (χ3v) is 2.22. The normalized spacial score (nSPS) is 22.7. The molecule has 1 fully saturated rings. The second-order valence-electron chi connectivity index (χ2n) is 3.17. The molecule has 1 aliphatic rings.